The molecule has 0 N–H and O–H groups in total. The van der Waals surface area contributed by atoms with Crippen LogP contribution in [-0.4, -0.2) is 0 Å². The maximum absolute atomic E-state index is 4.10. The number of aryl methyl sites for hydroxylation is 1. The van der Waals surface area contributed by atoms with E-state index < -0.39 is 0 Å². The van der Waals surface area contributed by atoms with Gasteiger partial charge in [-0.15, -0.1) is 5.69 Å². The van der Waals surface area contributed by atoms with Crippen LogP contribution in [0.15, 0.2) is 60.7 Å². The minimum atomic E-state index is 0. The molecule has 0 spiro atoms. The Morgan fingerprint density at radius 3 is 2.43 bits per heavy atom. The summed E-state index contributed by atoms with van der Waals surface area (Å²) in [4.78, 5) is 1.97. The maximum Gasteiger partial charge on any atom is 0.0126 e. The Morgan fingerprint density at radius 2 is 1.74 bits per heavy atom. The second-order valence-electron chi connectivity index (χ2n) is 5.08. The van der Waals surface area contributed by atoms with Gasteiger partial charge >= 0.3 is 0 Å². The molecule has 3 aromatic carbocycles. The molecular formula is C19H17NY3-2. The van der Waals surface area contributed by atoms with Crippen LogP contribution < -0.4 is 4.90 Å². The number of benzene rings is 3. The molecule has 0 saturated carbocycles. The fraction of sp³-hybridized carbons (Fsp3) is 0.105. The van der Waals surface area contributed by atoms with Gasteiger partial charge in [-0.05, 0) is 34.9 Å². The van der Waals surface area contributed by atoms with Gasteiger partial charge in [0.15, 0.2) is 0 Å². The number of hydrogen-bond donors (Lipinski definition) is 0. The Balaban J connectivity index is 0.00000161. The quantitative estimate of drug-likeness (QED) is 0.447. The second-order valence-corrected chi connectivity index (χ2v) is 5.08. The van der Waals surface area contributed by atoms with Gasteiger partial charge in [-0.25, -0.2) is 0 Å². The molecule has 3 radical (unpaired) electrons. The number of anilines is 1. The van der Waals surface area contributed by atoms with Crippen LogP contribution in [-0.2, 0) is 105 Å². The largest absolute Gasteiger partial charge is 0.542 e. The zero-order valence-electron chi connectivity index (χ0n) is 13.4. The first-order valence-electron chi connectivity index (χ1n) is 6.77. The van der Waals surface area contributed by atoms with E-state index in [0.717, 1.165) is 12.2 Å². The number of fused-ring (bicyclic) bond motifs is 1. The molecule has 0 fully saturated rings. The average Bonchev–Trinajstić information content (AvgIpc) is 2.48. The van der Waals surface area contributed by atoms with Gasteiger partial charge in [-0.1, -0.05) is 30.3 Å². The van der Waals surface area contributed by atoms with Gasteiger partial charge in [0, 0.05) is 105 Å². The van der Waals surface area contributed by atoms with E-state index in [2.05, 4.69) is 56.4 Å². The van der Waals surface area contributed by atoms with Crippen LogP contribution in [0, 0.1) is 20.0 Å². The molecule has 0 aromatic heterocycles. The summed E-state index contributed by atoms with van der Waals surface area (Å²) in [7, 11) is 4.10. The van der Waals surface area contributed by atoms with E-state index in [1.165, 1.54) is 21.9 Å². The second kappa shape index (κ2) is 11.6. The average molecular weight is 526 g/mol. The number of nitrogens with zero attached hydrogens (tertiary/aromatic N) is 1. The summed E-state index contributed by atoms with van der Waals surface area (Å²) in [5.41, 5.74) is 3.59. The summed E-state index contributed by atoms with van der Waals surface area (Å²) in [5.74, 6) is 0. The predicted molar refractivity (Wildman–Crippen MR) is 85.5 cm³/mol. The molecule has 0 heterocycles. The van der Waals surface area contributed by atoms with Crippen molar-refractivity contribution in [2.75, 3.05) is 4.90 Å². The summed E-state index contributed by atoms with van der Waals surface area (Å²) < 4.78 is 0. The van der Waals surface area contributed by atoms with Gasteiger partial charge in [0.25, 0.3) is 0 Å². The fourth-order valence-electron chi connectivity index (χ4n) is 2.48. The van der Waals surface area contributed by atoms with Crippen LogP contribution in [0.4, 0.5) is 5.69 Å². The first-order valence-corrected chi connectivity index (χ1v) is 6.77. The molecule has 109 valence electrons. The normalized spacial score (nSPS) is 9.30. The van der Waals surface area contributed by atoms with Crippen LogP contribution in [0.3, 0.4) is 0 Å². The van der Waals surface area contributed by atoms with Crippen molar-refractivity contribution in [2.45, 2.75) is 13.5 Å². The Kier molecular flexibility index (Phi) is 12.1. The molecule has 0 aliphatic rings. The molecule has 0 atom stereocenters. The molecule has 0 bridgehead atoms. The van der Waals surface area contributed by atoms with Crippen molar-refractivity contribution in [2.24, 2.45) is 0 Å². The molecule has 1 nitrogen and oxygen atoms in total. The zero-order chi connectivity index (χ0) is 13.9. The SMILES string of the molecule is [CH2-]N(Cc1ccc2c(C)cccc2c1)c1[c-]cccc1.[Y].[Y].[Y]. The fourth-order valence-corrected chi connectivity index (χ4v) is 2.48. The van der Waals surface area contributed by atoms with Crippen molar-refractivity contribution in [3.63, 3.8) is 0 Å². The third-order valence-electron chi connectivity index (χ3n) is 3.57. The summed E-state index contributed by atoms with van der Waals surface area (Å²) in [6.45, 7) is 2.93. The predicted octanol–water partition coefficient (Wildman–Crippen LogP) is 4.74. The van der Waals surface area contributed by atoms with E-state index in [0.29, 0.717) is 0 Å². The molecule has 0 amide bonds. The van der Waals surface area contributed by atoms with Gasteiger partial charge < -0.3 is 4.90 Å². The smallest absolute Gasteiger partial charge is 0.0126 e. The summed E-state index contributed by atoms with van der Waals surface area (Å²) >= 11 is 0. The van der Waals surface area contributed by atoms with E-state index in [1.54, 1.807) is 0 Å². The van der Waals surface area contributed by atoms with Gasteiger partial charge in [-0.3, -0.25) is 7.05 Å². The topological polar surface area (TPSA) is 3.24 Å². The van der Waals surface area contributed by atoms with Gasteiger partial charge in [0.05, 0.1) is 0 Å². The van der Waals surface area contributed by atoms with Crippen molar-refractivity contribution in [1.82, 2.24) is 0 Å². The molecule has 0 saturated heterocycles. The molecule has 0 aliphatic carbocycles. The third kappa shape index (κ3) is 6.36. The first kappa shape index (κ1) is 24.0. The minimum Gasteiger partial charge on any atom is -0.542 e. The minimum absolute atomic E-state index is 0. The van der Waals surface area contributed by atoms with Crippen molar-refractivity contribution in [3.05, 3.63) is 84.9 Å². The van der Waals surface area contributed by atoms with Crippen molar-refractivity contribution >= 4 is 16.5 Å². The van der Waals surface area contributed by atoms with Crippen molar-refractivity contribution in [3.8, 4) is 0 Å². The zero-order valence-corrected chi connectivity index (χ0v) is 21.9. The Morgan fingerprint density at radius 1 is 0.957 bits per heavy atom. The molecule has 3 aromatic rings. The van der Waals surface area contributed by atoms with Crippen LogP contribution in [0.2, 0.25) is 0 Å². The van der Waals surface area contributed by atoms with E-state index in [-0.39, 0.29) is 98.1 Å². The number of para-hydroxylation sites is 1. The van der Waals surface area contributed by atoms with Crippen LogP contribution in [0.1, 0.15) is 11.1 Å². The van der Waals surface area contributed by atoms with E-state index in [4.69, 9.17) is 0 Å². The molecule has 0 aliphatic heterocycles. The number of hydrogen-bond acceptors (Lipinski definition) is 1. The van der Waals surface area contributed by atoms with Crippen molar-refractivity contribution in [1.29, 1.82) is 0 Å². The maximum atomic E-state index is 4.10. The third-order valence-corrected chi connectivity index (χ3v) is 3.57. The van der Waals surface area contributed by atoms with Gasteiger partial charge in [-0.2, -0.15) is 30.3 Å². The molecule has 23 heavy (non-hydrogen) atoms. The van der Waals surface area contributed by atoms with Gasteiger partial charge in [0.1, 0.15) is 0 Å². The Labute approximate surface area is 214 Å². The molecule has 3 rings (SSSR count). The van der Waals surface area contributed by atoms with E-state index >= 15 is 0 Å². The summed E-state index contributed by atoms with van der Waals surface area (Å²) in [6, 6.07) is 24.1. The van der Waals surface area contributed by atoms with E-state index in [9.17, 15) is 0 Å². The Hall–Kier alpha value is 1.03. The standard InChI is InChI=1S/C19H17N.3Y/c1-15-7-6-8-17-13-16(11-12-19(15)17)14-20(2)18-9-4-3-5-10-18;;;/h3-9,11-13H,2,14H2,1H3;;;/q-2;;;. The van der Waals surface area contributed by atoms with Crippen LogP contribution in [0.25, 0.3) is 10.8 Å². The van der Waals surface area contributed by atoms with Gasteiger partial charge in [0.2, 0.25) is 0 Å². The Bertz CT molecular complexity index is 729. The summed E-state index contributed by atoms with van der Waals surface area (Å²) in [5, 5.41) is 2.60. The van der Waals surface area contributed by atoms with E-state index in [1.807, 2.05) is 29.2 Å². The van der Waals surface area contributed by atoms with Crippen LogP contribution >= 0.6 is 0 Å². The molecule has 4 heteroatoms. The first-order chi connectivity index (χ1) is 9.74. The monoisotopic (exact) mass is 526 g/mol. The molecular weight excluding hydrogens is 509 g/mol. The number of rotatable bonds is 3. The van der Waals surface area contributed by atoms with Crippen LogP contribution in [0.5, 0.6) is 0 Å². The molecule has 0 unspecified atom stereocenters. The van der Waals surface area contributed by atoms with Crippen molar-refractivity contribution < 1.29 is 98.1 Å². The summed E-state index contributed by atoms with van der Waals surface area (Å²) in [6.07, 6.45) is 0.